The first kappa shape index (κ1) is 29.9. The maximum atomic E-state index is 12.7. The summed E-state index contributed by atoms with van der Waals surface area (Å²) in [6.07, 6.45) is 2.32. The van der Waals surface area contributed by atoms with Crippen molar-refractivity contribution in [1.29, 1.82) is 0 Å². The third-order valence-corrected chi connectivity index (χ3v) is 4.69. The van der Waals surface area contributed by atoms with E-state index in [-0.39, 0.29) is 11.8 Å². The molecule has 32 heavy (non-hydrogen) atoms. The van der Waals surface area contributed by atoms with Gasteiger partial charge in [0.05, 0.1) is 0 Å². The molecule has 10 nitrogen and oxygen atoms in total. The Kier molecular flexibility index (Phi) is 11.9. The summed E-state index contributed by atoms with van der Waals surface area (Å²) in [5, 5.41) is 6.43. The van der Waals surface area contributed by atoms with Crippen molar-refractivity contribution in [1.82, 2.24) is 21.5 Å². The summed E-state index contributed by atoms with van der Waals surface area (Å²) in [5.74, 6) is -0.926. The Morgan fingerprint density at radius 3 is 1.97 bits per heavy atom. The number of carbonyl (C=O) groups is 3. The Morgan fingerprint density at radius 1 is 0.969 bits per heavy atom. The number of hydrogen-bond acceptors (Lipinski definition) is 7. The predicted octanol–water partition coefficient (Wildman–Crippen LogP) is 1.63. The number of carbonyl (C=O) groups excluding carboxylic acids is 3. The van der Waals surface area contributed by atoms with E-state index in [1.807, 2.05) is 13.8 Å². The average Bonchev–Trinajstić information content (AvgIpc) is 2.56. The molecule has 0 fully saturated rings. The van der Waals surface area contributed by atoms with Gasteiger partial charge in [-0.1, -0.05) is 33.8 Å². The lowest BCUT2D eigenvalue weighted by Gasteiger charge is -2.26. The van der Waals surface area contributed by atoms with Crippen LogP contribution in [0, 0.1) is 11.8 Å². The van der Waals surface area contributed by atoms with Gasteiger partial charge < -0.3 is 15.4 Å². The lowest BCUT2D eigenvalue weighted by molar-refractivity contribution is -0.130. The van der Waals surface area contributed by atoms with Crippen LogP contribution in [0.4, 0.5) is 4.79 Å². The van der Waals surface area contributed by atoms with Crippen molar-refractivity contribution in [3.63, 3.8) is 0 Å². The Morgan fingerprint density at radius 2 is 1.53 bits per heavy atom. The maximum absolute atomic E-state index is 12.7. The van der Waals surface area contributed by atoms with Crippen LogP contribution in [0.15, 0.2) is 11.5 Å². The molecule has 3 atom stereocenters. The highest BCUT2D eigenvalue weighted by atomic mass is 32.2. The molecule has 0 rings (SSSR count). The van der Waals surface area contributed by atoms with E-state index in [1.54, 1.807) is 34.6 Å². The van der Waals surface area contributed by atoms with Crippen LogP contribution in [0.2, 0.25) is 0 Å². The largest absolute Gasteiger partial charge is 0.443 e. The van der Waals surface area contributed by atoms with Gasteiger partial charge in [-0.25, -0.2) is 18.6 Å². The van der Waals surface area contributed by atoms with E-state index in [1.165, 1.54) is 13.0 Å². The molecule has 0 unspecified atom stereocenters. The number of rotatable bonds is 11. The molecule has 0 spiro atoms. The van der Waals surface area contributed by atoms with Crippen molar-refractivity contribution in [3.8, 4) is 0 Å². The van der Waals surface area contributed by atoms with Gasteiger partial charge in [-0.05, 0) is 46.0 Å². The molecule has 0 aliphatic rings. The summed E-state index contributed by atoms with van der Waals surface area (Å²) < 4.78 is 27.9. The number of hydrogen-bond donors (Lipinski definition) is 4. The zero-order valence-electron chi connectivity index (χ0n) is 20.6. The second-order valence-corrected chi connectivity index (χ2v) is 11.6. The number of sulfone groups is 1. The van der Waals surface area contributed by atoms with Gasteiger partial charge >= 0.3 is 6.09 Å². The molecule has 0 aromatic heterocycles. The van der Waals surface area contributed by atoms with Crippen molar-refractivity contribution in [2.24, 2.45) is 11.8 Å². The number of hydrazine groups is 1. The van der Waals surface area contributed by atoms with E-state index >= 15 is 0 Å². The highest BCUT2D eigenvalue weighted by Gasteiger charge is 2.27. The molecule has 0 bridgehead atoms. The summed E-state index contributed by atoms with van der Waals surface area (Å²) in [5.41, 5.74) is 4.30. The van der Waals surface area contributed by atoms with E-state index in [0.29, 0.717) is 6.42 Å². The first-order chi connectivity index (χ1) is 14.4. The highest BCUT2D eigenvalue weighted by molar-refractivity contribution is 7.93. The number of amides is 3. The molecule has 0 heterocycles. The van der Waals surface area contributed by atoms with Crippen LogP contribution >= 0.6 is 0 Å². The minimum absolute atomic E-state index is 0.202. The molecule has 0 aliphatic carbocycles. The van der Waals surface area contributed by atoms with Gasteiger partial charge in [0.1, 0.15) is 17.7 Å². The number of nitrogens with one attached hydrogen (secondary N) is 4. The third kappa shape index (κ3) is 14.0. The minimum atomic E-state index is -3.33. The third-order valence-electron chi connectivity index (χ3n) is 4.04. The Hall–Kier alpha value is -2.14. The zero-order chi connectivity index (χ0) is 25.3. The average molecular weight is 477 g/mol. The van der Waals surface area contributed by atoms with E-state index in [9.17, 15) is 22.8 Å². The van der Waals surface area contributed by atoms with Gasteiger partial charge in [-0.15, -0.1) is 0 Å². The van der Waals surface area contributed by atoms with E-state index in [2.05, 4.69) is 21.5 Å². The lowest BCUT2D eigenvalue weighted by Crippen LogP contribution is -2.58. The van der Waals surface area contributed by atoms with Gasteiger partial charge in [0.25, 0.3) is 0 Å². The molecule has 0 saturated heterocycles. The van der Waals surface area contributed by atoms with Crippen molar-refractivity contribution in [3.05, 3.63) is 11.5 Å². The minimum Gasteiger partial charge on any atom is -0.443 e. The molecule has 0 aliphatic heterocycles. The molecule has 11 heteroatoms. The van der Waals surface area contributed by atoms with Gasteiger partial charge in [-0.2, -0.15) is 0 Å². The topological polar surface area (TPSA) is 143 Å². The Labute approximate surface area is 192 Å². The highest BCUT2D eigenvalue weighted by Crippen LogP contribution is 2.08. The molecule has 0 aromatic carbocycles. The summed E-state index contributed by atoms with van der Waals surface area (Å²) in [7, 11) is -3.33. The van der Waals surface area contributed by atoms with Crippen LogP contribution in [0.5, 0.6) is 0 Å². The van der Waals surface area contributed by atoms with Crippen molar-refractivity contribution < 1.29 is 27.5 Å². The van der Waals surface area contributed by atoms with Crippen LogP contribution in [-0.2, 0) is 24.2 Å². The van der Waals surface area contributed by atoms with Crippen LogP contribution in [0.1, 0.15) is 61.8 Å². The normalized spacial score (nSPS) is 15.3. The Bertz CT molecular complexity index is 772. The van der Waals surface area contributed by atoms with E-state index in [0.717, 1.165) is 11.7 Å². The smallest absolute Gasteiger partial charge is 0.422 e. The van der Waals surface area contributed by atoms with Crippen LogP contribution in [0.25, 0.3) is 0 Å². The Balaban J connectivity index is 5.05. The van der Waals surface area contributed by atoms with E-state index < -0.39 is 51.5 Å². The predicted molar refractivity (Wildman–Crippen MR) is 124 cm³/mol. The molecule has 0 aromatic rings. The molecule has 0 radical (unpaired) electrons. The summed E-state index contributed by atoms with van der Waals surface area (Å²) in [6.45, 7) is 14.2. The fraction of sp³-hybridized carbons (Fsp3) is 0.762. The second kappa shape index (κ2) is 12.8. The first-order valence-corrected chi connectivity index (χ1v) is 12.6. The fourth-order valence-electron chi connectivity index (χ4n) is 2.58. The van der Waals surface area contributed by atoms with Crippen LogP contribution in [0.3, 0.4) is 0 Å². The standard InChI is InChI=1S/C21H40N4O6S/c1-13(2)12-16(10-11-32(9,29)30)23-18(26)15(5)22-19(27)17(14(3)4)24-25-20(28)31-21(6,7)8/h10-11,13-17,24H,12H2,1-9H3,(H,22,27)(H,23,26)(H,25,28)/t15-,16+,17-/m0/s1. The zero-order valence-corrected chi connectivity index (χ0v) is 21.4. The van der Waals surface area contributed by atoms with Crippen molar-refractivity contribution in [2.45, 2.75) is 85.5 Å². The molecular weight excluding hydrogens is 436 g/mol. The monoisotopic (exact) mass is 476 g/mol. The van der Waals surface area contributed by atoms with Gasteiger partial charge in [0, 0.05) is 17.7 Å². The number of ether oxygens (including phenoxy) is 1. The van der Waals surface area contributed by atoms with Gasteiger partial charge in [0.15, 0.2) is 9.84 Å². The van der Waals surface area contributed by atoms with Crippen LogP contribution in [-0.4, -0.2) is 56.3 Å². The second-order valence-electron chi connectivity index (χ2n) is 9.63. The summed E-state index contributed by atoms with van der Waals surface area (Å²) >= 11 is 0. The fourth-order valence-corrected chi connectivity index (χ4v) is 3.06. The molecular formula is C21H40N4O6S. The maximum Gasteiger partial charge on any atom is 0.422 e. The molecule has 4 N–H and O–H groups in total. The van der Waals surface area contributed by atoms with Gasteiger partial charge in [-0.3, -0.25) is 15.0 Å². The molecule has 0 saturated carbocycles. The summed E-state index contributed by atoms with van der Waals surface area (Å²) in [6, 6.07) is -2.19. The quantitative estimate of drug-likeness (QED) is 0.332. The van der Waals surface area contributed by atoms with Crippen LogP contribution < -0.4 is 21.5 Å². The summed E-state index contributed by atoms with van der Waals surface area (Å²) in [4.78, 5) is 37.1. The van der Waals surface area contributed by atoms with Crippen molar-refractivity contribution in [2.75, 3.05) is 6.26 Å². The van der Waals surface area contributed by atoms with Crippen molar-refractivity contribution >= 4 is 27.7 Å². The molecule has 3 amide bonds. The lowest BCUT2D eigenvalue weighted by atomic mass is 10.0. The molecule has 186 valence electrons. The first-order valence-electron chi connectivity index (χ1n) is 10.6. The SMILES string of the molecule is CC(C)C[C@@H](C=CS(C)(=O)=O)NC(=O)[C@H](C)NC(=O)[C@@H](NNC(=O)OC(C)(C)C)C(C)C. The van der Waals surface area contributed by atoms with E-state index in [4.69, 9.17) is 4.74 Å². The van der Waals surface area contributed by atoms with Gasteiger partial charge in [0.2, 0.25) is 11.8 Å².